The van der Waals surface area contributed by atoms with E-state index >= 15 is 0 Å². The maximum atomic E-state index is 13.2. The van der Waals surface area contributed by atoms with E-state index in [4.69, 9.17) is 5.14 Å². The van der Waals surface area contributed by atoms with Crippen molar-refractivity contribution in [3.8, 4) is 0 Å². The summed E-state index contributed by atoms with van der Waals surface area (Å²) in [7, 11) is -3.40. The van der Waals surface area contributed by atoms with Gasteiger partial charge in [-0.05, 0) is 95.3 Å². The molecule has 3 unspecified atom stereocenters. The fourth-order valence-corrected chi connectivity index (χ4v) is 7.97. The van der Waals surface area contributed by atoms with Crippen LogP contribution in [0.5, 0.6) is 0 Å². The van der Waals surface area contributed by atoms with Gasteiger partial charge in [-0.1, -0.05) is 0 Å². The molecule has 32 heavy (non-hydrogen) atoms. The minimum atomic E-state index is -3.40. The van der Waals surface area contributed by atoms with Gasteiger partial charge in [0.15, 0.2) is 0 Å². The highest BCUT2D eigenvalue weighted by molar-refractivity contribution is 7.89. The average Bonchev–Trinajstić information content (AvgIpc) is 3.63. The van der Waals surface area contributed by atoms with Crippen LogP contribution >= 0.6 is 0 Å². The van der Waals surface area contributed by atoms with Crippen molar-refractivity contribution in [3.63, 3.8) is 0 Å². The van der Waals surface area contributed by atoms with Crippen molar-refractivity contribution in [2.75, 3.05) is 12.3 Å². The van der Waals surface area contributed by atoms with E-state index in [2.05, 4.69) is 16.7 Å². The summed E-state index contributed by atoms with van der Waals surface area (Å²) < 4.78 is 22.9. The van der Waals surface area contributed by atoms with Crippen molar-refractivity contribution >= 4 is 21.8 Å². The highest BCUT2D eigenvalue weighted by Gasteiger charge is 2.51. The van der Waals surface area contributed by atoms with E-state index in [1.54, 1.807) is 0 Å². The van der Waals surface area contributed by atoms with Crippen molar-refractivity contribution < 1.29 is 18.0 Å². The van der Waals surface area contributed by atoms with Gasteiger partial charge in [0.1, 0.15) is 0 Å². The highest BCUT2D eigenvalue weighted by atomic mass is 32.2. The largest absolute Gasteiger partial charge is 0.335 e. The summed E-state index contributed by atoms with van der Waals surface area (Å²) in [6.45, 7) is 2.81. The SMILES string of the molecule is C[C@H]1CN(C(=O)C2CC2)C2CC(C3CCC(CS(N)(=O)=O)CC3)CCC2N1C(=O)C1CC1. The van der Waals surface area contributed by atoms with E-state index in [0.717, 1.165) is 70.6 Å². The molecule has 1 aliphatic heterocycles. The molecule has 0 radical (unpaired) electrons. The minimum Gasteiger partial charge on any atom is -0.335 e. The first-order valence-electron chi connectivity index (χ1n) is 12.8. The standard InChI is InChI=1S/C24H39N3O4S/c1-15-13-26(23(28)18-6-7-18)22-12-20(10-11-21(22)27(15)24(29)19-8-9-19)17-4-2-16(3-5-17)14-32(25,30)31/h15-22H,2-14H2,1H3,(H2,25,30,31)/t15-,16?,17?,20?,21?,22?/m0/s1. The molecule has 1 heterocycles. The quantitative estimate of drug-likeness (QED) is 0.674. The zero-order valence-corrected chi connectivity index (χ0v) is 20.1. The smallest absolute Gasteiger partial charge is 0.226 e. The summed E-state index contributed by atoms with van der Waals surface area (Å²) in [6.07, 6.45) is 11.1. The van der Waals surface area contributed by atoms with Gasteiger partial charge < -0.3 is 9.80 Å². The Balaban J connectivity index is 1.28. The first-order chi connectivity index (χ1) is 15.2. The van der Waals surface area contributed by atoms with Gasteiger partial charge >= 0.3 is 0 Å². The molecule has 0 bridgehead atoms. The maximum Gasteiger partial charge on any atom is 0.226 e. The third-order valence-electron chi connectivity index (χ3n) is 8.93. The number of hydrogen-bond donors (Lipinski definition) is 1. The zero-order chi connectivity index (χ0) is 22.6. The number of sulfonamides is 1. The number of piperazine rings is 1. The van der Waals surface area contributed by atoms with Crippen LogP contribution in [0.2, 0.25) is 0 Å². The lowest BCUT2D eigenvalue weighted by molar-refractivity contribution is -0.157. The van der Waals surface area contributed by atoms with Gasteiger partial charge in [-0.2, -0.15) is 0 Å². The Bertz CT molecular complexity index is 845. The van der Waals surface area contributed by atoms with Gasteiger partial charge in [-0.25, -0.2) is 13.6 Å². The zero-order valence-electron chi connectivity index (χ0n) is 19.3. The molecule has 2 N–H and O–H groups in total. The molecule has 0 aromatic carbocycles. The van der Waals surface area contributed by atoms with Crippen molar-refractivity contribution in [1.82, 2.24) is 9.80 Å². The van der Waals surface area contributed by atoms with E-state index in [-0.39, 0.29) is 41.6 Å². The molecule has 5 rings (SSSR count). The van der Waals surface area contributed by atoms with Gasteiger partial charge in [0.2, 0.25) is 21.8 Å². The fraction of sp³-hybridized carbons (Fsp3) is 0.917. The molecule has 0 spiro atoms. The number of nitrogens with two attached hydrogens (primary N) is 1. The Labute approximate surface area is 192 Å². The van der Waals surface area contributed by atoms with E-state index in [1.807, 2.05) is 0 Å². The lowest BCUT2D eigenvalue weighted by Gasteiger charge is -2.55. The summed E-state index contributed by atoms with van der Waals surface area (Å²) in [5, 5.41) is 5.27. The molecular formula is C24H39N3O4S. The van der Waals surface area contributed by atoms with Gasteiger partial charge in [0.05, 0.1) is 17.8 Å². The van der Waals surface area contributed by atoms with Gasteiger partial charge in [0, 0.05) is 24.4 Å². The lowest BCUT2D eigenvalue weighted by Crippen LogP contribution is -2.67. The third kappa shape index (κ3) is 4.72. The average molecular weight is 466 g/mol. The third-order valence-corrected chi connectivity index (χ3v) is 9.87. The number of carbonyl (C=O) groups excluding carboxylic acids is 2. The van der Waals surface area contributed by atoms with Crippen LogP contribution in [-0.4, -0.2) is 60.5 Å². The number of amides is 2. The Morgan fingerprint density at radius 2 is 1.41 bits per heavy atom. The number of hydrogen-bond acceptors (Lipinski definition) is 4. The predicted molar refractivity (Wildman–Crippen MR) is 122 cm³/mol. The number of carbonyl (C=O) groups is 2. The topological polar surface area (TPSA) is 101 Å². The predicted octanol–water partition coefficient (Wildman–Crippen LogP) is 2.50. The van der Waals surface area contributed by atoms with Crippen molar-refractivity contribution in [3.05, 3.63) is 0 Å². The highest BCUT2D eigenvalue weighted by Crippen LogP contribution is 2.46. The normalized spacial score (nSPS) is 38.3. The second-order valence-electron chi connectivity index (χ2n) is 11.5. The molecule has 180 valence electrons. The molecule has 0 aromatic heterocycles. The molecule has 4 atom stereocenters. The molecule has 7 nitrogen and oxygen atoms in total. The van der Waals surface area contributed by atoms with Gasteiger partial charge in [-0.15, -0.1) is 0 Å². The van der Waals surface area contributed by atoms with Crippen molar-refractivity contribution in [2.24, 2.45) is 34.7 Å². The lowest BCUT2D eigenvalue weighted by atomic mass is 9.68. The van der Waals surface area contributed by atoms with Gasteiger partial charge in [-0.3, -0.25) is 9.59 Å². The van der Waals surface area contributed by atoms with E-state index < -0.39 is 10.0 Å². The van der Waals surface area contributed by atoms with Crippen LogP contribution in [0, 0.1) is 29.6 Å². The molecule has 4 aliphatic carbocycles. The van der Waals surface area contributed by atoms with Crippen LogP contribution in [0.4, 0.5) is 0 Å². The van der Waals surface area contributed by atoms with Crippen molar-refractivity contribution in [1.29, 1.82) is 0 Å². The number of rotatable bonds is 5. The molecule has 1 saturated heterocycles. The van der Waals surface area contributed by atoms with Crippen LogP contribution in [0.15, 0.2) is 0 Å². The van der Waals surface area contributed by atoms with Crippen LogP contribution < -0.4 is 5.14 Å². The molecule has 0 aromatic rings. The molecular weight excluding hydrogens is 426 g/mol. The molecule has 5 aliphatic rings. The van der Waals surface area contributed by atoms with Crippen LogP contribution in [-0.2, 0) is 19.6 Å². The second-order valence-corrected chi connectivity index (χ2v) is 13.1. The van der Waals surface area contributed by atoms with Crippen LogP contribution in [0.1, 0.15) is 77.6 Å². The van der Waals surface area contributed by atoms with E-state index in [9.17, 15) is 18.0 Å². The maximum absolute atomic E-state index is 13.2. The van der Waals surface area contributed by atoms with E-state index in [0.29, 0.717) is 30.2 Å². The molecule has 4 saturated carbocycles. The molecule has 2 amide bonds. The summed E-state index contributed by atoms with van der Waals surface area (Å²) in [4.78, 5) is 30.7. The Morgan fingerprint density at radius 1 is 0.812 bits per heavy atom. The minimum absolute atomic E-state index is 0.106. The summed E-state index contributed by atoms with van der Waals surface area (Å²) in [6, 6.07) is 0.435. The molecule has 8 heteroatoms. The number of primary sulfonamides is 1. The number of fused-ring (bicyclic) bond motifs is 1. The van der Waals surface area contributed by atoms with Crippen LogP contribution in [0.3, 0.4) is 0 Å². The summed E-state index contributed by atoms with van der Waals surface area (Å²) >= 11 is 0. The van der Waals surface area contributed by atoms with E-state index in [1.165, 1.54) is 0 Å². The number of nitrogens with zero attached hydrogens (tertiary/aromatic N) is 2. The summed E-state index contributed by atoms with van der Waals surface area (Å²) in [5.74, 6) is 2.53. The first-order valence-corrected chi connectivity index (χ1v) is 14.6. The molecule has 5 fully saturated rings. The van der Waals surface area contributed by atoms with Crippen molar-refractivity contribution in [2.45, 2.75) is 95.7 Å². The Morgan fingerprint density at radius 3 is 2.00 bits per heavy atom. The monoisotopic (exact) mass is 465 g/mol. The van der Waals surface area contributed by atoms with Crippen LogP contribution in [0.25, 0.3) is 0 Å². The first kappa shape index (κ1) is 22.6. The Kier molecular flexibility index (Phi) is 6.06. The van der Waals surface area contributed by atoms with Gasteiger partial charge in [0.25, 0.3) is 0 Å². The Hall–Kier alpha value is -1.15. The summed E-state index contributed by atoms with van der Waals surface area (Å²) in [5.41, 5.74) is 0. The second kappa shape index (κ2) is 8.57. The fourth-order valence-electron chi connectivity index (χ4n) is 6.98.